The monoisotopic (exact) mass is 444 g/mol. The van der Waals surface area contributed by atoms with Crippen LogP contribution in [0.2, 0.25) is 0 Å². The molecular formula is C27H28N2O4. The van der Waals surface area contributed by atoms with E-state index in [2.05, 4.69) is 17.2 Å². The molecule has 0 atom stereocenters. The molecule has 1 heterocycles. The highest BCUT2D eigenvalue weighted by molar-refractivity contribution is 5.97. The molecule has 0 bridgehead atoms. The Balaban J connectivity index is 1.36. The molecule has 33 heavy (non-hydrogen) atoms. The molecule has 0 aliphatic heterocycles. The second kappa shape index (κ2) is 10.7. The minimum Gasteiger partial charge on any atom is -0.497 e. The second-order valence-corrected chi connectivity index (χ2v) is 7.84. The summed E-state index contributed by atoms with van der Waals surface area (Å²) in [7, 11) is 1.64. The number of rotatable bonds is 10. The van der Waals surface area contributed by atoms with Gasteiger partial charge >= 0.3 is 0 Å². The predicted molar refractivity (Wildman–Crippen MR) is 128 cm³/mol. The van der Waals surface area contributed by atoms with Gasteiger partial charge in [-0.25, -0.2) is 4.98 Å². The number of carbonyl (C=O) groups is 1. The first-order valence-corrected chi connectivity index (χ1v) is 11.2. The molecule has 4 rings (SSSR count). The van der Waals surface area contributed by atoms with Crippen LogP contribution in [0, 0.1) is 0 Å². The maximum absolute atomic E-state index is 12.7. The van der Waals surface area contributed by atoms with Crippen molar-refractivity contribution in [3.8, 4) is 11.5 Å². The summed E-state index contributed by atoms with van der Waals surface area (Å²) in [6.45, 7) is 3.29. The van der Waals surface area contributed by atoms with Crippen LogP contribution in [-0.2, 0) is 13.0 Å². The van der Waals surface area contributed by atoms with E-state index in [4.69, 9.17) is 13.9 Å². The molecule has 6 nitrogen and oxygen atoms in total. The van der Waals surface area contributed by atoms with Gasteiger partial charge in [0.2, 0.25) is 0 Å². The molecule has 0 radical (unpaired) electrons. The number of benzene rings is 3. The lowest BCUT2D eigenvalue weighted by molar-refractivity contribution is 0.0951. The van der Waals surface area contributed by atoms with Crippen molar-refractivity contribution in [3.63, 3.8) is 0 Å². The smallest absolute Gasteiger partial charge is 0.251 e. The van der Waals surface area contributed by atoms with Gasteiger partial charge in [-0.15, -0.1) is 0 Å². The first-order valence-electron chi connectivity index (χ1n) is 11.2. The van der Waals surface area contributed by atoms with Crippen molar-refractivity contribution in [2.45, 2.75) is 32.7 Å². The zero-order valence-corrected chi connectivity index (χ0v) is 19.0. The SMILES string of the molecule is CCCCOc1ccc(CNC(=O)c2ccc3nc(Cc4ccc(OC)cc4)oc3c2)cc1. The lowest BCUT2D eigenvalue weighted by Gasteiger charge is -2.08. The Kier molecular flexibility index (Phi) is 7.25. The van der Waals surface area contributed by atoms with Crippen LogP contribution in [0.25, 0.3) is 11.1 Å². The molecule has 0 saturated carbocycles. The van der Waals surface area contributed by atoms with Crippen molar-refractivity contribution in [1.29, 1.82) is 0 Å². The molecule has 1 amide bonds. The maximum atomic E-state index is 12.7. The van der Waals surface area contributed by atoms with E-state index in [1.165, 1.54) is 0 Å². The van der Waals surface area contributed by atoms with E-state index in [1.54, 1.807) is 19.2 Å². The zero-order valence-electron chi connectivity index (χ0n) is 19.0. The van der Waals surface area contributed by atoms with Crippen molar-refractivity contribution in [1.82, 2.24) is 10.3 Å². The Morgan fingerprint density at radius 2 is 1.70 bits per heavy atom. The Hall–Kier alpha value is -3.80. The number of hydrogen-bond donors (Lipinski definition) is 1. The third-order valence-corrected chi connectivity index (χ3v) is 5.35. The molecule has 6 heteroatoms. The van der Waals surface area contributed by atoms with Crippen LogP contribution in [-0.4, -0.2) is 24.6 Å². The van der Waals surface area contributed by atoms with Crippen molar-refractivity contribution < 1.29 is 18.7 Å². The molecule has 0 saturated heterocycles. The third-order valence-electron chi connectivity index (χ3n) is 5.35. The van der Waals surface area contributed by atoms with Gasteiger partial charge < -0.3 is 19.2 Å². The van der Waals surface area contributed by atoms with Gasteiger partial charge in [-0.05, 0) is 60.0 Å². The van der Waals surface area contributed by atoms with Gasteiger partial charge in [-0.3, -0.25) is 4.79 Å². The zero-order chi connectivity index (χ0) is 23.0. The van der Waals surface area contributed by atoms with Gasteiger partial charge in [0.05, 0.1) is 13.7 Å². The van der Waals surface area contributed by atoms with Crippen molar-refractivity contribution in [2.75, 3.05) is 13.7 Å². The van der Waals surface area contributed by atoms with Gasteiger partial charge in [0, 0.05) is 18.5 Å². The van der Waals surface area contributed by atoms with Crippen LogP contribution in [0.5, 0.6) is 11.5 Å². The molecule has 0 aliphatic carbocycles. The van der Waals surface area contributed by atoms with Crippen LogP contribution in [0.15, 0.2) is 71.1 Å². The Morgan fingerprint density at radius 1 is 0.970 bits per heavy atom. The van der Waals surface area contributed by atoms with Crippen LogP contribution < -0.4 is 14.8 Å². The van der Waals surface area contributed by atoms with E-state index in [-0.39, 0.29) is 5.91 Å². The summed E-state index contributed by atoms with van der Waals surface area (Å²) < 4.78 is 16.8. The fourth-order valence-corrected chi connectivity index (χ4v) is 3.43. The molecule has 1 aromatic heterocycles. The van der Waals surface area contributed by atoms with E-state index in [9.17, 15) is 4.79 Å². The molecule has 0 unspecified atom stereocenters. The highest BCUT2D eigenvalue weighted by Crippen LogP contribution is 2.21. The van der Waals surface area contributed by atoms with Gasteiger partial charge in [-0.2, -0.15) is 0 Å². The van der Waals surface area contributed by atoms with Crippen LogP contribution in [0.1, 0.15) is 47.1 Å². The van der Waals surface area contributed by atoms with E-state index >= 15 is 0 Å². The fourth-order valence-electron chi connectivity index (χ4n) is 3.43. The van der Waals surface area contributed by atoms with Gasteiger partial charge in [0.15, 0.2) is 11.5 Å². The average molecular weight is 445 g/mol. The van der Waals surface area contributed by atoms with Crippen LogP contribution in [0.3, 0.4) is 0 Å². The van der Waals surface area contributed by atoms with Gasteiger partial charge in [-0.1, -0.05) is 37.6 Å². The topological polar surface area (TPSA) is 73.6 Å². The first-order chi connectivity index (χ1) is 16.1. The molecule has 0 aliphatic rings. The molecule has 170 valence electrons. The third kappa shape index (κ3) is 5.92. The lowest BCUT2D eigenvalue weighted by Crippen LogP contribution is -2.22. The molecule has 4 aromatic rings. The number of nitrogens with one attached hydrogen (secondary N) is 1. The Morgan fingerprint density at radius 3 is 2.42 bits per heavy atom. The van der Waals surface area contributed by atoms with E-state index in [0.29, 0.717) is 30.0 Å². The summed E-state index contributed by atoms with van der Waals surface area (Å²) in [6.07, 6.45) is 2.71. The molecular weight excluding hydrogens is 416 g/mol. The predicted octanol–water partition coefficient (Wildman–Crippen LogP) is 5.54. The second-order valence-electron chi connectivity index (χ2n) is 7.84. The van der Waals surface area contributed by atoms with Gasteiger partial charge in [0.1, 0.15) is 17.0 Å². The van der Waals surface area contributed by atoms with Crippen molar-refractivity contribution >= 4 is 17.0 Å². The average Bonchev–Trinajstić information content (AvgIpc) is 3.25. The number of oxazole rings is 1. The number of amides is 1. The summed E-state index contributed by atoms with van der Waals surface area (Å²) in [4.78, 5) is 17.2. The Labute approximate surface area is 193 Å². The lowest BCUT2D eigenvalue weighted by atomic mass is 10.1. The number of fused-ring (bicyclic) bond motifs is 1. The van der Waals surface area contributed by atoms with Crippen LogP contribution in [0.4, 0.5) is 0 Å². The van der Waals surface area contributed by atoms with Crippen LogP contribution >= 0.6 is 0 Å². The fraction of sp³-hybridized carbons (Fsp3) is 0.259. The number of hydrogen-bond acceptors (Lipinski definition) is 5. The summed E-state index contributed by atoms with van der Waals surface area (Å²) in [5.74, 6) is 2.10. The first kappa shape index (κ1) is 22.4. The highest BCUT2D eigenvalue weighted by Gasteiger charge is 2.11. The highest BCUT2D eigenvalue weighted by atomic mass is 16.5. The minimum absolute atomic E-state index is 0.159. The number of unbranched alkanes of at least 4 members (excludes halogenated alkanes) is 1. The van der Waals surface area contributed by atoms with E-state index in [1.807, 2.05) is 54.6 Å². The summed E-state index contributed by atoms with van der Waals surface area (Å²) >= 11 is 0. The number of nitrogens with zero attached hydrogens (tertiary/aromatic N) is 1. The summed E-state index contributed by atoms with van der Waals surface area (Å²) in [5, 5.41) is 2.96. The van der Waals surface area contributed by atoms with E-state index in [0.717, 1.165) is 47.6 Å². The standard InChI is InChI=1S/C27H28N2O4/c1-3-4-15-32-23-12-7-20(8-13-23)18-28-27(30)21-9-14-24-25(17-21)33-26(29-24)16-19-5-10-22(31-2)11-6-19/h5-14,17H,3-4,15-16,18H2,1-2H3,(H,28,30). The molecule has 0 spiro atoms. The summed E-state index contributed by atoms with van der Waals surface area (Å²) in [5.41, 5.74) is 3.94. The maximum Gasteiger partial charge on any atom is 0.251 e. The van der Waals surface area contributed by atoms with Crippen molar-refractivity contribution in [2.24, 2.45) is 0 Å². The van der Waals surface area contributed by atoms with Crippen molar-refractivity contribution in [3.05, 3.63) is 89.3 Å². The van der Waals surface area contributed by atoms with E-state index < -0.39 is 0 Å². The largest absolute Gasteiger partial charge is 0.497 e. The minimum atomic E-state index is -0.159. The molecule has 3 aromatic carbocycles. The number of aromatic nitrogens is 1. The number of carbonyl (C=O) groups excluding carboxylic acids is 1. The quantitative estimate of drug-likeness (QED) is 0.325. The number of methoxy groups -OCH3 is 1. The normalized spacial score (nSPS) is 10.8. The molecule has 0 fully saturated rings. The number of ether oxygens (including phenoxy) is 2. The molecule has 1 N–H and O–H groups in total. The summed E-state index contributed by atoms with van der Waals surface area (Å²) in [6, 6.07) is 20.9. The Bertz CT molecular complexity index is 1200. The van der Waals surface area contributed by atoms with Gasteiger partial charge in [0.25, 0.3) is 5.91 Å².